The van der Waals surface area contributed by atoms with Crippen molar-refractivity contribution < 1.29 is 0 Å². The van der Waals surface area contributed by atoms with E-state index < -0.39 is 0 Å². The highest BCUT2D eigenvalue weighted by atomic mass is 35.5. The smallest absolute Gasteiger partial charge is 0.160 e. The van der Waals surface area contributed by atoms with Crippen LogP contribution in [0.1, 0.15) is 0 Å². The maximum absolute atomic E-state index is 6.49. The first-order chi connectivity index (χ1) is 20.2. The average molecular weight is 545 g/mol. The molecule has 0 radical (unpaired) electrons. The van der Waals surface area contributed by atoms with E-state index in [0.29, 0.717) is 5.82 Å². The van der Waals surface area contributed by atoms with E-state index in [1.807, 2.05) is 42.5 Å². The van der Waals surface area contributed by atoms with Gasteiger partial charge in [-0.3, -0.25) is 0 Å². The van der Waals surface area contributed by atoms with Gasteiger partial charge in [0.2, 0.25) is 0 Å². The van der Waals surface area contributed by atoms with Gasteiger partial charge in [-0.05, 0) is 57.3 Å². The van der Waals surface area contributed by atoms with Gasteiger partial charge in [-0.15, -0.1) is 0 Å². The summed E-state index contributed by atoms with van der Waals surface area (Å²) in [4.78, 5) is 10.0. The van der Waals surface area contributed by atoms with Gasteiger partial charge in [0, 0.05) is 21.7 Å². The van der Waals surface area contributed by atoms with Crippen molar-refractivity contribution in [2.45, 2.75) is 0 Å². The third kappa shape index (κ3) is 5.14. The quantitative estimate of drug-likeness (QED) is 0.215. The third-order valence-electron chi connectivity index (χ3n) is 7.34. The molecule has 0 N–H and O–H groups in total. The molecular formula is C38H25ClN2. The Morgan fingerprint density at radius 2 is 0.976 bits per heavy atom. The van der Waals surface area contributed by atoms with Crippen LogP contribution in [0.25, 0.3) is 66.9 Å². The summed E-state index contributed by atoms with van der Waals surface area (Å²) in [5, 5.41) is 3.04. The van der Waals surface area contributed by atoms with E-state index in [-0.39, 0.29) is 0 Å². The van der Waals surface area contributed by atoms with E-state index in [1.54, 1.807) is 0 Å². The zero-order valence-corrected chi connectivity index (χ0v) is 23.0. The monoisotopic (exact) mass is 544 g/mol. The highest BCUT2D eigenvalue weighted by Gasteiger charge is 2.12. The summed E-state index contributed by atoms with van der Waals surface area (Å²) in [6.45, 7) is 0. The standard InChI is InChI=1S/C38H25ClN2/c39-33-23-31-14-7-8-17-34(31)35(24-33)27-18-20-28(21-19-27)36-25-37(41-38(40-36)29-12-5-2-6-13-29)32-16-9-15-30(22-32)26-10-3-1-4-11-26/h1-25H. The average Bonchev–Trinajstić information content (AvgIpc) is 3.05. The fraction of sp³-hybridized carbons (Fsp3) is 0. The summed E-state index contributed by atoms with van der Waals surface area (Å²) < 4.78 is 0. The van der Waals surface area contributed by atoms with Gasteiger partial charge in [0.15, 0.2) is 5.82 Å². The van der Waals surface area contributed by atoms with Gasteiger partial charge < -0.3 is 0 Å². The van der Waals surface area contributed by atoms with Crippen LogP contribution in [-0.2, 0) is 0 Å². The Labute approximate surface area is 244 Å². The molecule has 0 fully saturated rings. The molecule has 0 aliphatic carbocycles. The van der Waals surface area contributed by atoms with Crippen LogP contribution >= 0.6 is 11.6 Å². The molecule has 41 heavy (non-hydrogen) atoms. The summed E-state index contributed by atoms with van der Waals surface area (Å²) >= 11 is 6.49. The molecule has 7 rings (SSSR count). The molecule has 0 bridgehead atoms. The van der Waals surface area contributed by atoms with Gasteiger partial charge >= 0.3 is 0 Å². The summed E-state index contributed by atoms with van der Waals surface area (Å²) in [6.07, 6.45) is 0. The molecule has 1 heterocycles. The molecule has 194 valence electrons. The van der Waals surface area contributed by atoms with Crippen molar-refractivity contribution in [3.8, 4) is 56.2 Å². The fourth-order valence-corrected chi connectivity index (χ4v) is 5.51. The Morgan fingerprint density at radius 3 is 1.73 bits per heavy atom. The van der Waals surface area contributed by atoms with Crippen LogP contribution < -0.4 is 0 Å². The van der Waals surface area contributed by atoms with Crippen molar-refractivity contribution in [2.24, 2.45) is 0 Å². The largest absolute Gasteiger partial charge is 0.228 e. The van der Waals surface area contributed by atoms with Crippen LogP contribution in [-0.4, -0.2) is 9.97 Å². The van der Waals surface area contributed by atoms with Crippen LogP contribution in [0.4, 0.5) is 0 Å². The maximum atomic E-state index is 6.49. The van der Waals surface area contributed by atoms with Gasteiger partial charge in [0.1, 0.15) is 0 Å². The van der Waals surface area contributed by atoms with Gasteiger partial charge in [-0.1, -0.05) is 139 Å². The molecule has 1 aromatic heterocycles. The lowest BCUT2D eigenvalue weighted by Gasteiger charge is -2.12. The summed E-state index contributed by atoms with van der Waals surface area (Å²) in [6, 6.07) is 52.1. The summed E-state index contributed by atoms with van der Waals surface area (Å²) in [5.74, 6) is 0.702. The van der Waals surface area contributed by atoms with E-state index >= 15 is 0 Å². The predicted molar refractivity (Wildman–Crippen MR) is 172 cm³/mol. The van der Waals surface area contributed by atoms with Crippen LogP contribution in [0, 0.1) is 0 Å². The second-order valence-electron chi connectivity index (χ2n) is 10.0. The molecule has 6 aromatic carbocycles. The molecule has 0 aliphatic rings. The minimum atomic E-state index is 0.702. The number of aromatic nitrogens is 2. The zero-order chi connectivity index (χ0) is 27.6. The lowest BCUT2D eigenvalue weighted by Crippen LogP contribution is -1.96. The highest BCUT2D eigenvalue weighted by molar-refractivity contribution is 6.32. The summed E-state index contributed by atoms with van der Waals surface area (Å²) in [5.41, 5.74) is 9.38. The second kappa shape index (κ2) is 10.8. The van der Waals surface area contributed by atoms with E-state index in [0.717, 1.165) is 55.2 Å². The normalized spacial score (nSPS) is 11.0. The lowest BCUT2D eigenvalue weighted by atomic mass is 9.96. The zero-order valence-electron chi connectivity index (χ0n) is 22.2. The number of benzene rings is 6. The van der Waals surface area contributed by atoms with Gasteiger partial charge in [0.25, 0.3) is 0 Å². The van der Waals surface area contributed by atoms with Gasteiger partial charge in [0.05, 0.1) is 11.4 Å². The van der Waals surface area contributed by atoms with Crippen LogP contribution in [0.2, 0.25) is 5.02 Å². The molecule has 7 aromatic rings. The van der Waals surface area contributed by atoms with E-state index in [1.165, 1.54) is 10.9 Å². The first kappa shape index (κ1) is 25.0. The van der Waals surface area contributed by atoms with Gasteiger partial charge in [-0.25, -0.2) is 9.97 Å². The number of fused-ring (bicyclic) bond motifs is 1. The van der Waals surface area contributed by atoms with Crippen molar-refractivity contribution in [1.29, 1.82) is 0 Å². The molecular weight excluding hydrogens is 520 g/mol. The van der Waals surface area contributed by atoms with Crippen molar-refractivity contribution in [3.05, 3.63) is 157 Å². The second-order valence-corrected chi connectivity index (χ2v) is 10.5. The Hall–Kier alpha value is -5.05. The highest BCUT2D eigenvalue weighted by Crippen LogP contribution is 2.34. The fourth-order valence-electron chi connectivity index (χ4n) is 5.28. The Kier molecular flexibility index (Phi) is 6.60. The molecule has 0 amide bonds. The van der Waals surface area contributed by atoms with Crippen molar-refractivity contribution >= 4 is 22.4 Å². The molecule has 3 heteroatoms. The first-order valence-electron chi connectivity index (χ1n) is 13.6. The SMILES string of the molecule is Clc1cc(-c2ccc(-c3cc(-c4cccc(-c5ccccc5)c4)nc(-c4ccccc4)n3)cc2)c2ccccc2c1. The number of hydrogen-bond donors (Lipinski definition) is 0. The molecule has 0 atom stereocenters. The Bertz CT molecular complexity index is 1980. The van der Waals surface area contributed by atoms with E-state index in [2.05, 4.69) is 109 Å². The number of rotatable bonds is 5. The third-order valence-corrected chi connectivity index (χ3v) is 7.56. The first-order valence-corrected chi connectivity index (χ1v) is 14.0. The van der Waals surface area contributed by atoms with E-state index in [4.69, 9.17) is 21.6 Å². The van der Waals surface area contributed by atoms with Crippen LogP contribution in [0.15, 0.2) is 152 Å². The molecule has 0 unspecified atom stereocenters. The Morgan fingerprint density at radius 1 is 0.390 bits per heavy atom. The van der Waals surface area contributed by atoms with E-state index in [9.17, 15) is 0 Å². The molecule has 0 saturated carbocycles. The van der Waals surface area contributed by atoms with Gasteiger partial charge in [-0.2, -0.15) is 0 Å². The topological polar surface area (TPSA) is 25.8 Å². The molecule has 0 aliphatic heterocycles. The predicted octanol–water partition coefficient (Wildman–Crippen LogP) is 10.6. The maximum Gasteiger partial charge on any atom is 0.160 e. The van der Waals surface area contributed by atoms with Crippen molar-refractivity contribution in [2.75, 3.05) is 0 Å². The van der Waals surface area contributed by atoms with Crippen LogP contribution in [0.3, 0.4) is 0 Å². The number of hydrogen-bond acceptors (Lipinski definition) is 2. The minimum absolute atomic E-state index is 0.702. The number of halogens is 1. The number of nitrogens with zero attached hydrogens (tertiary/aromatic N) is 2. The Balaban J connectivity index is 1.33. The summed E-state index contributed by atoms with van der Waals surface area (Å²) in [7, 11) is 0. The molecule has 2 nitrogen and oxygen atoms in total. The lowest BCUT2D eigenvalue weighted by molar-refractivity contribution is 1.18. The minimum Gasteiger partial charge on any atom is -0.228 e. The van der Waals surface area contributed by atoms with Crippen LogP contribution in [0.5, 0.6) is 0 Å². The van der Waals surface area contributed by atoms with Crippen molar-refractivity contribution in [1.82, 2.24) is 9.97 Å². The molecule has 0 saturated heterocycles. The van der Waals surface area contributed by atoms with Crippen molar-refractivity contribution in [3.63, 3.8) is 0 Å². The molecule has 0 spiro atoms.